The minimum atomic E-state index is 0.303. The van der Waals surface area contributed by atoms with Gasteiger partial charge in [0.15, 0.2) is 23.0 Å². The third kappa shape index (κ3) is 3.27. The lowest BCUT2D eigenvalue weighted by Crippen LogP contribution is -2.30. The molecule has 0 bridgehead atoms. The number of H-pyrrole nitrogens is 2. The fraction of sp³-hybridized carbons (Fsp3) is 0. The highest BCUT2D eigenvalue weighted by Crippen LogP contribution is 2.33. The summed E-state index contributed by atoms with van der Waals surface area (Å²) < 4.78 is 1.29. The minimum Gasteiger partial charge on any atom is -0.618 e. The molecule has 4 aromatic rings. The van der Waals surface area contributed by atoms with E-state index in [9.17, 15) is 10.4 Å². The van der Waals surface area contributed by atoms with Gasteiger partial charge < -0.3 is 10.4 Å². The molecular formula is C12H8N10O2S2. The Morgan fingerprint density at radius 2 is 1.19 bits per heavy atom. The zero-order chi connectivity index (χ0) is 17.9. The first kappa shape index (κ1) is 16.2. The van der Waals surface area contributed by atoms with Gasteiger partial charge in [0.25, 0.3) is 10.1 Å². The molecule has 2 N–H and O–H groups in total. The van der Waals surface area contributed by atoms with E-state index in [0.717, 1.165) is 21.6 Å². The number of aromatic nitrogens is 10. The molecule has 12 nitrogen and oxygen atoms in total. The first-order valence-corrected chi connectivity index (χ1v) is 9.10. The molecule has 4 heterocycles. The van der Waals surface area contributed by atoms with Crippen molar-refractivity contribution in [2.75, 3.05) is 0 Å². The lowest BCUT2D eigenvalue weighted by Gasteiger charge is -2.05. The summed E-state index contributed by atoms with van der Waals surface area (Å²) in [5, 5.41) is 37.5. The van der Waals surface area contributed by atoms with E-state index in [1.54, 1.807) is 0 Å². The Kier molecular flexibility index (Phi) is 4.32. The molecule has 0 saturated carbocycles. The molecule has 0 spiro atoms. The fourth-order valence-corrected chi connectivity index (χ4v) is 3.71. The SMILES string of the molecule is [O-][n+]1cc(-c2ncn[nH]2)ncc1SSc1cnc(-c2ncn[nH]2)c[n+]1[O-]. The third-order valence-electron chi connectivity index (χ3n) is 3.07. The first-order chi connectivity index (χ1) is 12.7. The van der Waals surface area contributed by atoms with Gasteiger partial charge in [0.2, 0.25) is 12.4 Å². The van der Waals surface area contributed by atoms with Gasteiger partial charge in [-0.15, -0.1) is 0 Å². The van der Waals surface area contributed by atoms with E-state index in [2.05, 4.69) is 40.3 Å². The van der Waals surface area contributed by atoms with Crippen LogP contribution in [0, 0.1) is 10.4 Å². The average molecular weight is 388 g/mol. The highest BCUT2D eigenvalue weighted by atomic mass is 33.1. The number of nitrogens with zero attached hydrogens (tertiary/aromatic N) is 8. The van der Waals surface area contributed by atoms with E-state index in [0.29, 0.717) is 42.5 Å². The van der Waals surface area contributed by atoms with Gasteiger partial charge in [0.1, 0.15) is 25.0 Å². The van der Waals surface area contributed by atoms with Gasteiger partial charge in [-0.3, -0.25) is 10.2 Å². The predicted octanol–water partition coefficient (Wildman–Crippen LogP) is 0.113. The van der Waals surface area contributed by atoms with E-state index >= 15 is 0 Å². The Morgan fingerprint density at radius 1 is 0.731 bits per heavy atom. The number of aromatic amines is 2. The van der Waals surface area contributed by atoms with Gasteiger partial charge in [0.05, 0.1) is 0 Å². The van der Waals surface area contributed by atoms with E-state index in [4.69, 9.17) is 0 Å². The van der Waals surface area contributed by atoms with Crippen molar-refractivity contribution in [2.45, 2.75) is 10.1 Å². The fourth-order valence-electron chi connectivity index (χ4n) is 1.88. The normalized spacial score (nSPS) is 10.9. The highest BCUT2D eigenvalue weighted by molar-refractivity contribution is 8.76. The summed E-state index contributed by atoms with van der Waals surface area (Å²) in [7, 11) is 2.17. The molecule has 130 valence electrons. The van der Waals surface area contributed by atoms with E-state index in [1.807, 2.05) is 0 Å². The molecule has 14 heteroatoms. The average Bonchev–Trinajstić information content (AvgIpc) is 3.35. The van der Waals surface area contributed by atoms with Crippen molar-refractivity contribution in [1.29, 1.82) is 0 Å². The molecule has 0 aliphatic rings. The number of hydrogen-bond acceptors (Lipinski definition) is 10. The smallest absolute Gasteiger partial charge is 0.281 e. The summed E-state index contributed by atoms with van der Waals surface area (Å²) >= 11 is 0. The summed E-state index contributed by atoms with van der Waals surface area (Å²) in [6.45, 7) is 0. The third-order valence-corrected chi connectivity index (χ3v) is 5.34. The number of nitrogens with one attached hydrogen (secondary N) is 2. The van der Waals surface area contributed by atoms with Gasteiger partial charge in [-0.25, -0.2) is 19.9 Å². The van der Waals surface area contributed by atoms with Crippen LogP contribution in [0.5, 0.6) is 0 Å². The van der Waals surface area contributed by atoms with Gasteiger partial charge >= 0.3 is 0 Å². The van der Waals surface area contributed by atoms with Gasteiger partial charge in [-0.1, -0.05) is 0 Å². The Morgan fingerprint density at radius 3 is 1.54 bits per heavy atom. The summed E-state index contributed by atoms with van der Waals surface area (Å²) in [5.74, 6) is 0.784. The summed E-state index contributed by atoms with van der Waals surface area (Å²) in [5.41, 5.74) is 0.729. The molecule has 4 aromatic heterocycles. The largest absolute Gasteiger partial charge is 0.618 e. The maximum absolute atomic E-state index is 12.1. The Balaban J connectivity index is 1.49. The second-order valence-electron chi connectivity index (χ2n) is 4.71. The highest BCUT2D eigenvalue weighted by Gasteiger charge is 2.17. The maximum atomic E-state index is 12.1. The Hall–Kier alpha value is -3.26. The van der Waals surface area contributed by atoms with E-state index < -0.39 is 0 Å². The quantitative estimate of drug-likeness (QED) is 0.272. The summed E-state index contributed by atoms with van der Waals surface area (Å²) in [6, 6.07) is 0. The van der Waals surface area contributed by atoms with Crippen LogP contribution in [0.25, 0.3) is 23.0 Å². The van der Waals surface area contributed by atoms with E-state index in [1.165, 1.54) is 37.4 Å². The Bertz CT molecular complexity index is 941. The zero-order valence-corrected chi connectivity index (χ0v) is 14.3. The topological polar surface area (TPSA) is 163 Å². The second kappa shape index (κ2) is 6.93. The molecular weight excluding hydrogens is 380 g/mol. The molecule has 0 aromatic carbocycles. The molecule has 0 unspecified atom stereocenters. The van der Waals surface area contributed by atoms with Crippen LogP contribution < -0.4 is 9.46 Å². The van der Waals surface area contributed by atoms with Crippen LogP contribution in [0.4, 0.5) is 0 Å². The number of hydrogen-bond donors (Lipinski definition) is 2. The van der Waals surface area contributed by atoms with E-state index in [-0.39, 0.29) is 0 Å². The van der Waals surface area contributed by atoms with Crippen LogP contribution in [-0.2, 0) is 0 Å². The van der Waals surface area contributed by atoms with Crippen molar-refractivity contribution in [2.24, 2.45) is 0 Å². The van der Waals surface area contributed by atoms with Crippen molar-refractivity contribution in [1.82, 2.24) is 40.3 Å². The van der Waals surface area contributed by atoms with Crippen molar-refractivity contribution >= 4 is 21.6 Å². The summed E-state index contributed by atoms with van der Waals surface area (Å²) in [4.78, 5) is 16.2. The second-order valence-corrected chi connectivity index (χ2v) is 6.88. The molecule has 0 fully saturated rings. The van der Waals surface area contributed by atoms with Crippen LogP contribution in [0.3, 0.4) is 0 Å². The molecule has 0 amide bonds. The van der Waals surface area contributed by atoms with Gasteiger partial charge in [0, 0.05) is 21.6 Å². The van der Waals surface area contributed by atoms with Crippen LogP contribution in [0.15, 0.2) is 47.5 Å². The molecule has 0 aliphatic heterocycles. The predicted molar refractivity (Wildman–Crippen MR) is 88.9 cm³/mol. The van der Waals surface area contributed by atoms with Crippen molar-refractivity contribution in [3.05, 3.63) is 47.9 Å². The van der Waals surface area contributed by atoms with Crippen LogP contribution in [0.1, 0.15) is 0 Å². The molecule has 26 heavy (non-hydrogen) atoms. The molecule has 0 radical (unpaired) electrons. The Labute approximate surface area is 152 Å². The lowest BCUT2D eigenvalue weighted by molar-refractivity contribution is -0.646. The van der Waals surface area contributed by atoms with Gasteiger partial charge in [-0.05, 0) is 0 Å². The van der Waals surface area contributed by atoms with Crippen molar-refractivity contribution in [3.63, 3.8) is 0 Å². The zero-order valence-electron chi connectivity index (χ0n) is 12.7. The van der Waals surface area contributed by atoms with Crippen LogP contribution >= 0.6 is 21.6 Å². The molecule has 0 aliphatic carbocycles. The number of rotatable bonds is 5. The molecule has 4 rings (SSSR count). The monoisotopic (exact) mass is 388 g/mol. The summed E-state index contributed by atoms with van der Waals surface area (Å²) in [6.07, 6.45) is 8.00. The van der Waals surface area contributed by atoms with Crippen molar-refractivity contribution < 1.29 is 9.46 Å². The molecule has 0 atom stereocenters. The van der Waals surface area contributed by atoms with Gasteiger partial charge in [-0.2, -0.15) is 19.7 Å². The lowest BCUT2D eigenvalue weighted by atomic mass is 10.4. The maximum Gasteiger partial charge on any atom is 0.281 e. The first-order valence-electron chi connectivity index (χ1n) is 6.95. The van der Waals surface area contributed by atoms with Crippen LogP contribution in [-0.4, -0.2) is 40.3 Å². The van der Waals surface area contributed by atoms with Crippen molar-refractivity contribution in [3.8, 4) is 23.0 Å². The molecule has 0 saturated heterocycles. The van der Waals surface area contributed by atoms with Crippen LogP contribution in [0.2, 0.25) is 0 Å². The standard InChI is InChI=1S/C12H8N10O2S2/c23-21-3-7(11-15-5-17-19-11)13-1-9(21)25-26-10-2-14-8(4-22(10)24)12-16-6-18-20-12/h1-6H,(H,15,17,19)(H,16,18,20). The minimum absolute atomic E-state index is 0.303.